The number of nitrogens with two attached hydrogens (primary N) is 1. The van der Waals surface area contributed by atoms with Gasteiger partial charge in [0.15, 0.2) is 0 Å². The molecule has 1 aliphatic carbocycles. The van der Waals surface area contributed by atoms with Gasteiger partial charge >= 0.3 is 0 Å². The van der Waals surface area contributed by atoms with Crippen LogP contribution in [0.5, 0.6) is 0 Å². The first-order valence-electron chi connectivity index (χ1n) is 6.55. The van der Waals surface area contributed by atoms with Crippen LogP contribution in [0, 0.1) is 5.82 Å². The van der Waals surface area contributed by atoms with E-state index in [4.69, 9.17) is 5.73 Å². The Morgan fingerprint density at radius 3 is 1.94 bits per heavy atom. The summed E-state index contributed by atoms with van der Waals surface area (Å²) < 4.78 is 12.4. The lowest BCUT2D eigenvalue weighted by Crippen LogP contribution is -2.00. The van der Waals surface area contributed by atoms with E-state index in [0.717, 1.165) is 12.7 Å². The summed E-state index contributed by atoms with van der Waals surface area (Å²) in [5, 5.41) is 0. The SMILES string of the molecule is CCC.CCC=O.N[C@@H]1C[C@H]1c1ccc(F)cc1. The zero-order valence-corrected chi connectivity index (χ0v) is 11.5. The molecule has 0 amide bonds. The average molecular weight is 253 g/mol. The van der Waals surface area contributed by atoms with Gasteiger partial charge in [0.05, 0.1) is 0 Å². The second kappa shape index (κ2) is 9.77. The van der Waals surface area contributed by atoms with E-state index in [-0.39, 0.29) is 5.82 Å². The Morgan fingerprint density at radius 1 is 1.28 bits per heavy atom. The summed E-state index contributed by atoms with van der Waals surface area (Å²) in [4.78, 5) is 9.17. The maximum atomic E-state index is 12.4. The number of benzene rings is 1. The number of hydrogen-bond donors (Lipinski definition) is 1. The molecular weight excluding hydrogens is 229 g/mol. The van der Waals surface area contributed by atoms with Crippen LogP contribution in [-0.4, -0.2) is 12.3 Å². The maximum absolute atomic E-state index is 12.4. The van der Waals surface area contributed by atoms with Crippen LogP contribution in [0.25, 0.3) is 0 Å². The molecule has 1 aromatic rings. The number of aldehydes is 1. The summed E-state index contributed by atoms with van der Waals surface area (Å²) in [7, 11) is 0. The largest absolute Gasteiger partial charge is 0.327 e. The molecule has 2 rings (SSSR count). The van der Waals surface area contributed by atoms with Crippen molar-refractivity contribution in [3.05, 3.63) is 35.6 Å². The highest BCUT2D eigenvalue weighted by molar-refractivity contribution is 5.48. The number of hydrogen-bond acceptors (Lipinski definition) is 2. The summed E-state index contributed by atoms with van der Waals surface area (Å²) >= 11 is 0. The summed E-state index contributed by atoms with van der Waals surface area (Å²) in [6.07, 6.45) is 3.81. The van der Waals surface area contributed by atoms with E-state index in [2.05, 4.69) is 13.8 Å². The van der Waals surface area contributed by atoms with Crippen molar-refractivity contribution in [3.8, 4) is 0 Å². The molecular formula is C15H24FNO. The first kappa shape index (κ1) is 16.8. The minimum Gasteiger partial charge on any atom is -0.327 e. The van der Waals surface area contributed by atoms with Gasteiger partial charge in [0.1, 0.15) is 12.1 Å². The summed E-state index contributed by atoms with van der Waals surface area (Å²) in [6.45, 7) is 6.06. The Morgan fingerprint density at radius 2 is 1.67 bits per heavy atom. The Hall–Kier alpha value is -1.22. The molecule has 0 saturated heterocycles. The summed E-state index contributed by atoms with van der Waals surface area (Å²) in [6, 6.07) is 6.90. The second-order valence-electron chi connectivity index (χ2n) is 4.34. The van der Waals surface area contributed by atoms with Crippen molar-refractivity contribution in [2.75, 3.05) is 0 Å². The fourth-order valence-corrected chi connectivity index (χ4v) is 1.31. The Kier molecular flexibility index (Phi) is 9.11. The highest BCUT2D eigenvalue weighted by atomic mass is 19.1. The molecule has 2 N–H and O–H groups in total. The van der Waals surface area contributed by atoms with E-state index < -0.39 is 0 Å². The first-order valence-corrected chi connectivity index (χ1v) is 6.55. The van der Waals surface area contributed by atoms with Crippen LogP contribution in [0.3, 0.4) is 0 Å². The predicted octanol–water partition coefficient (Wildman–Crippen LogP) is 3.65. The highest BCUT2D eigenvalue weighted by Gasteiger charge is 2.34. The lowest BCUT2D eigenvalue weighted by atomic mass is 10.1. The molecule has 1 fully saturated rings. The summed E-state index contributed by atoms with van der Waals surface area (Å²) in [5.74, 6) is 0.304. The number of rotatable bonds is 2. The van der Waals surface area contributed by atoms with Gasteiger partial charge in [-0.15, -0.1) is 0 Å². The molecule has 3 heteroatoms. The lowest BCUT2D eigenvalue weighted by Gasteiger charge is -1.96. The monoisotopic (exact) mass is 253 g/mol. The molecule has 1 aliphatic rings. The van der Waals surface area contributed by atoms with Crippen molar-refractivity contribution in [2.24, 2.45) is 5.73 Å². The normalized spacial score (nSPS) is 19.8. The topological polar surface area (TPSA) is 43.1 Å². The van der Waals surface area contributed by atoms with Crippen molar-refractivity contribution in [1.29, 1.82) is 0 Å². The average Bonchev–Trinajstić information content (AvgIpc) is 3.09. The van der Waals surface area contributed by atoms with Crippen LogP contribution < -0.4 is 5.73 Å². The zero-order valence-electron chi connectivity index (χ0n) is 11.5. The third kappa shape index (κ3) is 7.17. The minimum absolute atomic E-state index is 0.178. The number of halogens is 1. The fraction of sp³-hybridized carbons (Fsp3) is 0.533. The zero-order chi connectivity index (χ0) is 14.0. The standard InChI is InChI=1S/C9H10FN.C3H6O.C3H8/c10-7-3-1-6(2-4-7)8-5-9(8)11;1-2-3-4;1-3-2/h1-4,8-9H,5,11H2;3H,2H2,1H3;3H2,1-2H3/t8-,9+;;/m0../s1. The Labute approximate surface area is 109 Å². The molecule has 2 atom stereocenters. The van der Waals surface area contributed by atoms with Gasteiger partial charge in [0.2, 0.25) is 0 Å². The van der Waals surface area contributed by atoms with Crippen LogP contribution in [-0.2, 0) is 4.79 Å². The Bertz CT molecular complexity index is 324. The number of carbonyl (C=O) groups excluding carboxylic acids is 1. The molecule has 0 bridgehead atoms. The van der Waals surface area contributed by atoms with E-state index in [1.807, 2.05) is 19.1 Å². The third-order valence-electron chi connectivity index (χ3n) is 2.30. The van der Waals surface area contributed by atoms with Crippen LogP contribution in [0.1, 0.15) is 51.5 Å². The van der Waals surface area contributed by atoms with Gasteiger partial charge in [0, 0.05) is 18.4 Å². The first-order chi connectivity index (χ1) is 8.60. The van der Waals surface area contributed by atoms with Gasteiger partial charge in [-0.05, 0) is 24.1 Å². The van der Waals surface area contributed by atoms with E-state index in [1.54, 1.807) is 0 Å². The molecule has 0 aliphatic heterocycles. The molecule has 2 nitrogen and oxygen atoms in total. The van der Waals surface area contributed by atoms with Crippen LogP contribution in [0.4, 0.5) is 4.39 Å². The molecule has 1 aromatic carbocycles. The minimum atomic E-state index is -0.178. The van der Waals surface area contributed by atoms with E-state index in [9.17, 15) is 9.18 Å². The highest BCUT2D eigenvalue weighted by Crippen LogP contribution is 2.38. The van der Waals surface area contributed by atoms with Gasteiger partial charge in [-0.2, -0.15) is 0 Å². The van der Waals surface area contributed by atoms with Crippen molar-refractivity contribution in [1.82, 2.24) is 0 Å². The molecule has 0 heterocycles. The lowest BCUT2D eigenvalue weighted by molar-refractivity contribution is -0.107. The molecule has 0 spiro atoms. The second-order valence-corrected chi connectivity index (χ2v) is 4.34. The van der Waals surface area contributed by atoms with Gasteiger partial charge < -0.3 is 10.5 Å². The molecule has 102 valence electrons. The summed E-state index contributed by atoms with van der Waals surface area (Å²) in [5.41, 5.74) is 6.81. The van der Waals surface area contributed by atoms with Gasteiger partial charge in [-0.1, -0.05) is 39.3 Å². The van der Waals surface area contributed by atoms with Gasteiger partial charge in [0.25, 0.3) is 0 Å². The van der Waals surface area contributed by atoms with Gasteiger partial charge in [-0.3, -0.25) is 0 Å². The van der Waals surface area contributed by atoms with Crippen molar-refractivity contribution >= 4 is 6.29 Å². The van der Waals surface area contributed by atoms with Gasteiger partial charge in [-0.25, -0.2) is 4.39 Å². The molecule has 0 aromatic heterocycles. The quantitative estimate of drug-likeness (QED) is 0.817. The predicted molar refractivity (Wildman–Crippen MR) is 74.1 cm³/mol. The number of carbonyl (C=O) groups is 1. The Balaban J connectivity index is 0.000000351. The molecule has 1 saturated carbocycles. The third-order valence-corrected chi connectivity index (χ3v) is 2.30. The van der Waals surface area contributed by atoms with Crippen molar-refractivity contribution in [2.45, 2.75) is 52.0 Å². The van der Waals surface area contributed by atoms with E-state index in [1.165, 1.54) is 24.1 Å². The molecule has 0 unspecified atom stereocenters. The maximum Gasteiger partial charge on any atom is 0.123 e. The fourth-order valence-electron chi connectivity index (χ4n) is 1.31. The van der Waals surface area contributed by atoms with Crippen molar-refractivity contribution in [3.63, 3.8) is 0 Å². The van der Waals surface area contributed by atoms with E-state index >= 15 is 0 Å². The van der Waals surface area contributed by atoms with E-state index in [0.29, 0.717) is 18.4 Å². The smallest absolute Gasteiger partial charge is 0.123 e. The van der Waals surface area contributed by atoms with Crippen LogP contribution >= 0.6 is 0 Å². The van der Waals surface area contributed by atoms with Crippen LogP contribution in [0.2, 0.25) is 0 Å². The van der Waals surface area contributed by atoms with Crippen molar-refractivity contribution < 1.29 is 9.18 Å². The molecule has 0 radical (unpaired) electrons. The molecule has 18 heavy (non-hydrogen) atoms. The van der Waals surface area contributed by atoms with Crippen LogP contribution in [0.15, 0.2) is 24.3 Å².